The van der Waals surface area contributed by atoms with E-state index in [1.807, 2.05) is 0 Å². The molecule has 1 heteroatoms. The maximum absolute atomic E-state index is 3.59. The van der Waals surface area contributed by atoms with E-state index in [1.54, 1.807) is 0 Å². The highest BCUT2D eigenvalue weighted by molar-refractivity contribution is 5.90. The van der Waals surface area contributed by atoms with E-state index in [2.05, 4.69) is 116 Å². The lowest BCUT2D eigenvalue weighted by molar-refractivity contribution is 0.660. The van der Waals surface area contributed by atoms with Crippen LogP contribution in [-0.2, 0) is 5.41 Å². The molecule has 1 aliphatic carbocycles. The molecule has 4 aromatic rings. The average Bonchev–Trinajstić information content (AvgIpc) is 2.90. The van der Waals surface area contributed by atoms with Crippen LogP contribution in [0.25, 0.3) is 34.4 Å². The van der Waals surface area contributed by atoms with E-state index in [1.165, 1.54) is 44.5 Å². The van der Waals surface area contributed by atoms with E-state index >= 15 is 0 Å². The SMILES string of the molecule is CC1(C)c2ccccc2-c2ccc(-c3ccc4c(c3)C=Cc3ccccc3N4)cc21. The molecule has 0 saturated heterocycles. The fourth-order valence-electron chi connectivity index (χ4n) is 4.96. The van der Waals surface area contributed by atoms with Gasteiger partial charge in [0.25, 0.3) is 0 Å². The summed E-state index contributed by atoms with van der Waals surface area (Å²) in [5.41, 5.74) is 12.8. The van der Waals surface area contributed by atoms with Crippen molar-refractivity contribution in [2.75, 3.05) is 5.32 Å². The third-order valence-corrected chi connectivity index (χ3v) is 6.64. The highest BCUT2D eigenvalue weighted by atomic mass is 14.9. The summed E-state index contributed by atoms with van der Waals surface area (Å²) < 4.78 is 0. The van der Waals surface area contributed by atoms with Crippen LogP contribution < -0.4 is 5.32 Å². The Morgan fingerprint density at radius 2 is 1.23 bits per heavy atom. The number of benzene rings is 4. The van der Waals surface area contributed by atoms with Crippen LogP contribution in [0.5, 0.6) is 0 Å². The number of fused-ring (bicyclic) bond motifs is 5. The predicted molar refractivity (Wildman–Crippen MR) is 128 cm³/mol. The Bertz CT molecular complexity index is 1340. The summed E-state index contributed by atoms with van der Waals surface area (Å²) in [4.78, 5) is 0. The number of rotatable bonds is 1. The Morgan fingerprint density at radius 3 is 2.17 bits per heavy atom. The molecular formula is C29H23N. The molecule has 4 aromatic carbocycles. The standard InChI is InChI=1S/C29H23N/c1-29(2)25-9-5-4-8-23(25)24-15-13-21(18-26(24)29)20-14-16-28-22(17-20)12-11-19-7-3-6-10-27(19)30-28/h3-18,30H,1-2H3. The lowest BCUT2D eigenvalue weighted by Gasteiger charge is -2.22. The third-order valence-electron chi connectivity index (χ3n) is 6.64. The van der Waals surface area contributed by atoms with E-state index < -0.39 is 0 Å². The van der Waals surface area contributed by atoms with Crippen molar-refractivity contribution in [1.29, 1.82) is 0 Å². The van der Waals surface area contributed by atoms with Gasteiger partial charge in [0.05, 0.1) is 0 Å². The van der Waals surface area contributed by atoms with Crippen LogP contribution in [0.4, 0.5) is 11.4 Å². The summed E-state index contributed by atoms with van der Waals surface area (Å²) in [6, 6.07) is 30.9. The molecule has 0 atom stereocenters. The molecule has 0 aromatic heterocycles. The van der Waals surface area contributed by atoms with Crippen LogP contribution >= 0.6 is 0 Å². The minimum Gasteiger partial charge on any atom is -0.355 e. The average molecular weight is 386 g/mol. The molecule has 1 heterocycles. The second-order valence-corrected chi connectivity index (χ2v) is 8.78. The van der Waals surface area contributed by atoms with Gasteiger partial charge in [-0.2, -0.15) is 0 Å². The first-order chi connectivity index (χ1) is 14.6. The van der Waals surface area contributed by atoms with E-state index in [9.17, 15) is 0 Å². The van der Waals surface area contributed by atoms with Crippen molar-refractivity contribution in [1.82, 2.24) is 0 Å². The van der Waals surface area contributed by atoms with Gasteiger partial charge in [0.2, 0.25) is 0 Å². The molecule has 1 aliphatic heterocycles. The van der Waals surface area contributed by atoms with Crippen LogP contribution in [0.3, 0.4) is 0 Å². The fraction of sp³-hybridized carbons (Fsp3) is 0.103. The van der Waals surface area contributed by atoms with Crippen LogP contribution in [-0.4, -0.2) is 0 Å². The van der Waals surface area contributed by atoms with Crippen molar-refractivity contribution in [3.8, 4) is 22.3 Å². The van der Waals surface area contributed by atoms with E-state index in [4.69, 9.17) is 0 Å². The molecular weight excluding hydrogens is 362 g/mol. The first-order valence-electron chi connectivity index (χ1n) is 10.5. The maximum atomic E-state index is 3.59. The maximum Gasteiger partial charge on any atom is 0.0458 e. The summed E-state index contributed by atoms with van der Waals surface area (Å²) in [7, 11) is 0. The van der Waals surface area contributed by atoms with Crippen LogP contribution in [0.1, 0.15) is 36.1 Å². The molecule has 2 aliphatic rings. The number of hydrogen-bond acceptors (Lipinski definition) is 1. The first-order valence-corrected chi connectivity index (χ1v) is 10.5. The van der Waals surface area contributed by atoms with Crippen LogP contribution in [0.2, 0.25) is 0 Å². The van der Waals surface area contributed by atoms with Gasteiger partial charge in [-0.15, -0.1) is 0 Å². The quantitative estimate of drug-likeness (QED) is 0.309. The second kappa shape index (κ2) is 6.21. The lowest BCUT2D eigenvalue weighted by Crippen LogP contribution is -2.14. The summed E-state index contributed by atoms with van der Waals surface area (Å²) in [6.07, 6.45) is 4.41. The van der Waals surface area contributed by atoms with Gasteiger partial charge in [0.15, 0.2) is 0 Å². The van der Waals surface area contributed by atoms with Crippen molar-refractivity contribution >= 4 is 23.5 Å². The summed E-state index contributed by atoms with van der Waals surface area (Å²) >= 11 is 0. The molecule has 1 N–H and O–H groups in total. The Labute approximate surface area is 177 Å². The van der Waals surface area contributed by atoms with E-state index in [0.717, 1.165) is 11.4 Å². The van der Waals surface area contributed by atoms with Gasteiger partial charge in [0.1, 0.15) is 0 Å². The Morgan fingerprint density at radius 1 is 0.567 bits per heavy atom. The number of para-hydroxylation sites is 1. The first kappa shape index (κ1) is 17.3. The smallest absolute Gasteiger partial charge is 0.0458 e. The minimum absolute atomic E-state index is 0.0245. The van der Waals surface area contributed by atoms with Crippen molar-refractivity contribution in [2.45, 2.75) is 19.3 Å². The normalized spacial score (nSPS) is 14.7. The van der Waals surface area contributed by atoms with Gasteiger partial charge in [0, 0.05) is 16.8 Å². The number of nitrogens with one attached hydrogen (secondary N) is 1. The molecule has 0 bridgehead atoms. The highest BCUT2D eigenvalue weighted by Crippen LogP contribution is 2.49. The van der Waals surface area contributed by atoms with Crippen molar-refractivity contribution in [3.05, 3.63) is 107 Å². The number of hydrogen-bond donors (Lipinski definition) is 1. The Kier molecular flexibility index (Phi) is 3.58. The second-order valence-electron chi connectivity index (χ2n) is 8.78. The zero-order valence-electron chi connectivity index (χ0n) is 17.2. The van der Waals surface area contributed by atoms with Crippen molar-refractivity contribution in [3.63, 3.8) is 0 Å². The van der Waals surface area contributed by atoms with Crippen molar-refractivity contribution in [2.24, 2.45) is 0 Å². The zero-order valence-corrected chi connectivity index (χ0v) is 17.2. The molecule has 0 radical (unpaired) electrons. The van der Waals surface area contributed by atoms with Gasteiger partial charge < -0.3 is 5.32 Å². The molecule has 0 spiro atoms. The van der Waals surface area contributed by atoms with Crippen LogP contribution in [0.15, 0.2) is 84.9 Å². The highest BCUT2D eigenvalue weighted by Gasteiger charge is 2.35. The molecule has 1 nitrogen and oxygen atoms in total. The van der Waals surface area contributed by atoms with Crippen LogP contribution in [0, 0.1) is 0 Å². The molecule has 30 heavy (non-hydrogen) atoms. The monoisotopic (exact) mass is 385 g/mol. The van der Waals surface area contributed by atoms with Gasteiger partial charge >= 0.3 is 0 Å². The van der Waals surface area contributed by atoms with Gasteiger partial charge in [-0.25, -0.2) is 0 Å². The van der Waals surface area contributed by atoms with E-state index in [-0.39, 0.29) is 5.41 Å². The van der Waals surface area contributed by atoms with Gasteiger partial charge in [-0.1, -0.05) is 86.7 Å². The van der Waals surface area contributed by atoms with Gasteiger partial charge in [-0.05, 0) is 68.8 Å². The largest absolute Gasteiger partial charge is 0.355 e. The number of anilines is 2. The third kappa shape index (κ3) is 2.48. The molecule has 6 rings (SSSR count). The zero-order chi connectivity index (χ0) is 20.3. The van der Waals surface area contributed by atoms with E-state index in [0.29, 0.717) is 0 Å². The molecule has 0 unspecified atom stereocenters. The summed E-state index contributed by atoms with van der Waals surface area (Å²) in [5.74, 6) is 0. The summed E-state index contributed by atoms with van der Waals surface area (Å²) in [6.45, 7) is 4.67. The lowest BCUT2D eigenvalue weighted by atomic mass is 9.81. The van der Waals surface area contributed by atoms with Gasteiger partial charge in [-0.3, -0.25) is 0 Å². The molecule has 0 fully saturated rings. The Balaban J connectivity index is 1.44. The molecule has 0 saturated carbocycles. The predicted octanol–water partition coefficient (Wildman–Crippen LogP) is 7.89. The molecule has 0 amide bonds. The fourth-order valence-corrected chi connectivity index (χ4v) is 4.96. The van der Waals surface area contributed by atoms with Crippen molar-refractivity contribution < 1.29 is 0 Å². The molecule has 144 valence electrons. The minimum atomic E-state index is 0.0245. The topological polar surface area (TPSA) is 12.0 Å². The summed E-state index contributed by atoms with van der Waals surface area (Å²) in [5, 5.41) is 3.59. The Hall–Kier alpha value is -3.58.